The van der Waals surface area contributed by atoms with E-state index in [-0.39, 0.29) is 168 Å². The molecule has 0 aromatic heterocycles. The van der Waals surface area contributed by atoms with Gasteiger partial charge < -0.3 is 71.7 Å². The van der Waals surface area contributed by atoms with Crippen LogP contribution in [0.2, 0.25) is 0 Å². The number of rotatable bonds is 25. The zero-order chi connectivity index (χ0) is 85.7. The average Bonchev–Trinajstić information content (AvgIpc) is 0.718. The monoisotopic (exact) mass is 1590 g/mol. The minimum Gasteiger partial charge on any atom is -0.508 e. The fraction of sp³-hybridized carbons (Fsp3) is 0.117. The molecule has 0 atom stereocenters. The van der Waals surface area contributed by atoms with Crippen LogP contribution >= 0.6 is 0 Å². The summed E-state index contributed by atoms with van der Waals surface area (Å²) in [5.74, 6) is -9.09. The standard InChI is InChI=1S/C94H77N7O18/c1-47-37-55(21-28-60(47)93(113)114)80-69(52-15-19-54(20-16-52)92(111)112)45-74(81(86(80)94(115)119-10)56-23-34-76(116-7)75(41-56)88(97)107)66-32-35-77(117-8)84(90(109)99-4)82(66)67-33-36-78(118-9)85(91(110)101(5)6)83(67)65-31-25-59(103)44-73(65)63-26-11-49(40-79(104)105)38-70(63)62-27-12-50(46-95)39-71(62)64-30-24-58(100-48(2)102)43-72(64)61-29-22-57(87(96)106)42-68(61)51-13-17-53(18-14-51)89(108)98-3/h11-39,41-45,103H,40H2,1-10H3,(H2,96,106)(H2,97,107)(H,98,108)(H,99,109)(H,100,102)(H,104,105)(H,111,112)(H,113,114). The number of phenolic OH excluding ortho intramolecular Hbond substituents is 1. The Hall–Kier alpha value is -16.0. The van der Waals surface area contributed by atoms with Crippen LogP contribution in [0.1, 0.15) is 106 Å². The molecule has 0 aliphatic heterocycles. The van der Waals surface area contributed by atoms with E-state index < -0.39 is 59.8 Å². The van der Waals surface area contributed by atoms with Crippen LogP contribution in [0.4, 0.5) is 5.69 Å². The molecular formula is C94H77N7O18. The maximum atomic E-state index is 16.0. The second kappa shape index (κ2) is 34.4. The van der Waals surface area contributed by atoms with E-state index in [9.17, 15) is 59.2 Å². The number of aryl methyl sites for hydroxylation is 1. The number of hydrogen-bond donors (Lipinski definition) is 9. The lowest BCUT2D eigenvalue weighted by Crippen LogP contribution is -2.24. The van der Waals surface area contributed by atoms with E-state index in [0.29, 0.717) is 50.2 Å². The molecule has 0 saturated carbocycles. The Morgan fingerprint density at radius 2 is 0.941 bits per heavy atom. The number of anilines is 1. The minimum atomic E-state index is -1.27. The van der Waals surface area contributed by atoms with Crippen LogP contribution in [0, 0.1) is 18.3 Å². The number of phenols is 1. The first kappa shape index (κ1) is 82.5. The van der Waals surface area contributed by atoms with Gasteiger partial charge in [0.05, 0.1) is 79.9 Å². The maximum absolute atomic E-state index is 16.0. The number of nitriles is 1. The molecule has 6 amide bonds. The van der Waals surface area contributed by atoms with Gasteiger partial charge in [0.25, 0.3) is 23.6 Å². The summed E-state index contributed by atoms with van der Waals surface area (Å²) in [6, 6.07) is 55.1. The highest BCUT2D eigenvalue weighted by Gasteiger charge is 2.36. The highest BCUT2D eigenvalue weighted by molar-refractivity contribution is 6.19. The number of nitrogens with one attached hydrogen (secondary N) is 3. The van der Waals surface area contributed by atoms with E-state index in [2.05, 4.69) is 22.0 Å². The third-order valence-electron chi connectivity index (χ3n) is 20.4. The molecular weight excluding hydrogens is 1520 g/mol. The zero-order valence-electron chi connectivity index (χ0n) is 65.9. The van der Waals surface area contributed by atoms with Crippen molar-refractivity contribution >= 4 is 65.0 Å². The van der Waals surface area contributed by atoms with Gasteiger partial charge in [-0.05, 0) is 240 Å². The van der Waals surface area contributed by atoms with Crippen LogP contribution in [-0.2, 0) is 20.7 Å². The van der Waals surface area contributed by atoms with Crippen LogP contribution in [0.15, 0.2) is 206 Å². The molecule has 596 valence electrons. The van der Waals surface area contributed by atoms with Crippen molar-refractivity contribution in [2.45, 2.75) is 20.3 Å². The number of ether oxygens (including phenoxy) is 4. The first-order valence-corrected chi connectivity index (χ1v) is 36.7. The summed E-state index contributed by atoms with van der Waals surface area (Å²) in [6.07, 6.45) is -0.536. The summed E-state index contributed by atoms with van der Waals surface area (Å²) in [5, 5.41) is 62.8. The van der Waals surface area contributed by atoms with Gasteiger partial charge in [-0.1, -0.05) is 84.9 Å². The minimum absolute atomic E-state index is 0.00484. The number of aromatic carboxylic acids is 2. The molecule has 0 radical (unpaired) electrons. The van der Waals surface area contributed by atoms with Crippen molar-refractivity contribution in [2.24, 2.45) is 11.5 Å². The smallest absolute Gasteiger partial charge is 0.339 e. The number of hydrogen-bond acceptors (Lipinski definition) is 16. The van der Waals surface area contributed by atoms with Crippen molar-refractivity contribution in [1.29, 1.82) is 5.26 Å². The number of methoxy groups -OCH3 is 4. The molecule has 25 nitrogen and oxygen atoms in total. The van der Waals surface area contributed by atoms with E-state index in [1.165, 1.54) is 146 Å². The average molecular weight is 1590 g/mol. The van der Waals surface area contributed by atoms with Gasteiger partial charge in [-0.15, -0.1) is 0 Å². The summed E-state index contributed by atoms with van der Waals surface area (Å²) >= 11 is 0. The van der Waals surface area contributed by atoms with Crippen molar-refractivity contribution in [3.05, 3.63) is 267 Å². The lowest BCUT2D eigenvalue weighted by molar-refractivity contribution is -0.136. The Bertz CT molecular complexity index is 6320. The third kappa shape index (κ3) is 16.2. The molecule has 0 bridgehead atoms. The number of carbonyl (C=O) groups is 10. The molecule has 0 fully saturated rings. The molecule has 0 spiro atoms. The number of carboxylic acids is 3. The number of aliphatic carboxylic acids is 1. The summed E-state index contributed by atoms with van der Waals surface area (Å²) in [5.41, 5.74) is 17.5. The van der Waals surface area contributed by atoms with Crippen molar-refractivity contribution in [1.82, 2.24) is 15.5 Å². The van der Waals surface area contributed by atoms with E-state index in [0.717, 1.165) is 7.11 Å². The molecule has 0 unspecified atom stereocenters. The van der Waals surface area contributed by atoms with Crippen molar-refractivity contribution < 1.29 is 87.3 Å². The summed E-state index contributed by atoms with van der Waals surface area (Å²) < 4.78 is 23.9. The number of esters is 1. The van der Waals surface area contributed by atoms with E-state index in [1.807, 2.05) is 0 Å². The summed E-state index contributed by atoms with van der Waals surface area (Å²) in [4.78, 5) is 140. The van der Waals surface area contributed by atoms with Gasteiger partial charge in [-0.2, -0.15) is 5.26 Å². The molecule has 12 aromatic rings. The molecule has 0 saturated heterocycles. The predicted molar refractivity (Wildman–Crippen MR) is 450 cm³/mol. The van der Waals surface area contributed by atoms with Crippen molar-refractivity contribution in [2.75, 3.05) is 61.9 Å². The Morgan fingerprint density at radius 3 is 1.52 bits per heavy atom. The maximum Gasteiger partial charge on any atom is 0.339 e. The number of benzene rings is 12. The fourth-order valence-corrected chi connectivity index (χ4v) is 15.0. The SMILES string of the molecule is CNC(=O)c1ccc(-c2cc(C(N)=O)ccc2-c2cc(NC(C)=O)ccc2-c2cc(C#N)ccc2-c2cc(CC(=O)O)ccc2-c2cc(O)ccc2-c2c(-c3c(-c4cc(-c5ccc(C(=O)O)cc5)c(-c5ccc(C(=O)O)c(C)c5)c(C(=O)OC)c4-c4ccc(OC)c(C(N)=O)c4)ccc(OC)c3C(=O)NC)ccc(OC)c2C(=O)N(C)C)cc1. The summed E-state index contributed by atoms with van der Waals surface area (Å²) in [7, 11) is 11.0. The van der Waals surface area contributed by atoms with Crippen molar-refractivity contribution in [3.8, 4) is 151 Å². The highest BCUT2D eigenvalue weighted by Crippen LogP contribution is 2.55. The van der Waals surface area contributed by atoms with Crippen LogP contribution < -0.4 is 41.6 Å². The Balaban J connectivity index is 1.26. The largest absolute Gasteiger partial charge is 0.508 e. The number of nitrogens with two attached hydrogens (primary N) is 2. The number of amides is 6. The molecule has 0 aliphatic rings. The molecule has 11 N–H and O–H groups in total. The fourth-order valence-electron chi connectivity index (χ4n) is 15.0. The van der Waals surface area contributed by atoms with Gasteiger partial charge in [-0.25, -0.2) is 14.4 Å². The second-order valence-corrected chi connectivity index (χ2v) is 27.8. The zero-order valence-corrected chi connectivity index (χ0v) is 65.9. The van der Waals surface area contributed by atoms with Crippen LogP contribution in [-0.4, -0.2) is 141 Å². The van der Waals surface area contributed by atoms with Gasteiger partial charge in [0, 0.05) is 74.2 Å². The van der Waals surface area contributed by atoms with Crippen molar-refractivity contribution in [3.63, 3.8) is 0 Å². The second-order valence-electron chi connectivity index (χ2n) is 27.8. The van der Waals surface area contributed by atoms with Gasteiger partial charge in [-0.3, -0.25) is 33.6 Å². The lowest BCUT2D eigenvalue weighted by atomic mass is 9.76. The highest BCUT2D eigenvalue weighted by atomic mass is 16.5. The van der Waals surface area contributed by atoms with Crippen LogP contribution in [0.25, 0.3) is 122 Å². The van der Waals surface area contributed by atoms with Crippen LogP contribution in [0.3, 0.4) is 0 Å². The number of carbonyl (C=O) groups excluding carboxylic acids is 7. The van der Waals surface area contributed by atoms with Crippen LogP contribution in [0.5, 0.6) is 23.0 Å². The molecule has 12 aromatic carbocycles. The molecule has 0 aliphatic carbocycles. The predicted octanol–water partition coefficient (Wildman–Crippen LogP) is 15.3. The number of primary amides is 2. The van der Waals surface area contributed by atoms with Gasteiger partial charge in [0.1, 0.15) is 23.0 Å². The number of nitrogens with zero attached hydrogens (tertiary/aromatic N) is 2. The first-order valence-electron chi connectivity index (χ1n) is 36.7. The van der Waals surface area contributed by atoms with E-state index in [4.69, 9.17) is 30.4 Å². The normalized spacial score (nSPS) is 10.8. The van der Waals surface area contributed by atoms with E-state index in [1.54, 1.807) is 128 Å². The Labute approximate surface area is 682 Å². The molecule has 25 heteroatoms. The molecule has 119 heavy (non-hydrogen) atoms. The summed E-state index contributed by atoms with van der Waals surface area (Å²) in [6.45, 7) is 2.89. The number of aromatic hydroxyl groups is 1. The van der Waals surface area contributed by atoms with Gasteiger partial charge in [0.15, 0.2) is 0 Å². The topological polar surface area (TPSA) is 404 Å². The Morgan fingerprint density at radius 1 is 0.429 bits per heavy atom. The lowest BCUT2D eigenvalue weighted by Gasteiger charge is -2.28. The molecule has 0 heterocycles. The van der Waals surface area contributed by atoms with E-state index >= 15 is 14.4 Å². The first-order chi connectivity index (χ1) is 57.0. The quantitative estimate of drug-likeness (QED) is 0.0240. The molecule has 12 rings (SSSR count). The van der Waals surface area contributed by atoms with Gasteiger partial charge >= 0.3 is 23.9 Å². The third-order valence-corrected chi connectivity index (χ3v) is 20.4. The Kier molecular flexibility index (Phi) is 23.8. The van der Waals surface area contributed by atoms with Gasteiger partial charge in [0.2, 0.25) is 11.8 Å². The number of carboxylic acid groups (broad SMARTS) is 3.